The minimum atomic E-state index is -0.810. The number of hydrogen-bond acceptors (Lipinski definition) is 12. The van der Waals surface area contributed by atoms with Crippen LogP contribution in [-0.2, 0) is 19.1 Å². The highest BCUT2D eigenvalue weighted by Crippen LogP contribution is 2.49. The maximum Gasteiger partial charge on any atom is 0.407 e. The number of H-pyrrole nitrogens is 2. The average Bonchev–Trinajstić information content (AvgIpc) is 4.27. The molecule has 0 spiro atoms. The summed E-state index contributed by atoms with van der Waals surface area (Å²) < 4.78 is 43.1. The van der Waals surface area contributed by atoms with Gasteiger partial charge in [0.1, 0.15) is 35.9 Å². The van der Waals surface area contributed by atoms with E-state index in [1.165, 1.54) is 31.9 Å². The molecule has 378 valence electrons. The van der Waals surface area contributed by atoms with Crippen molar-refractivity contribution in [1.82, 2.24) is 50.3 Å². The number of halogens is 2. The number of aromatic amines is 2. The number of anilines is 2. The molecule has 5 atom stereocenters. The van der Waals surface area contributed by atoms with Gasteiger partial charge in [-0.05, 0) is 80.9 Å². The molecule has 0 radical (unpaired) electrons. The normalized spacial score (nSPS) is 21.0. The quantitative estimate of drug-likeness (QED) is 0.0920. The van der Waals surface area contributed by atoms with Crippen LogP contribution in [0.5, 0.6) is 0 Å². The lowest BCUT2D eigenvalue weighted by atomic mass is 9.90. The monoisotopic (exact) mass is 986 g/mol. The number of imidazole rings is 2. The molecule has 20 heteroatoms. The second-order valence-electron chi connectivity index (χ2n) is 19.6. The minimum absolute atomic E-state index is 0.209. The Morgan fingerprint density at radius 1 is 0.708 bits per heavy atom. The van der Waals surface area contributed by atoms with Crippen molar-refractivity contribution < 1.29 is 37.4 Å². The smallest absolute Gasteiger partial charge is 0.407 e. The van der Waals surface area contributed by atoms with Crippen molar-refractivity contribution in [3.8, 4) is 0 Å². The fourth-order valence-electron chi connectivity index (χ4n) is 11.4. The van der Waals surface area contributed by atoms with Crippen molar-refractivity contribution in [2.75, 3.05) is 56.7 Å². The molecule has 0 aliphatic carbocycles. The lowest BCUT2D eigenvalue weighted by Gasteiger charge is -2.34. The van der Waals surface area contributed by atoms with Crippen LogP contribution in [0.4, 0.5) is 30.0 Å². The molecular weight excluding hydrogens is 927 g/mol. The zero-order valence-corrected chi connectivity index (χ0v) is 40.9. The van der Waals surface area contributed by atoms with Gasteiger partial charge in [-0.1, -0.05) is 44.2 Å². The number of nitrogens with one attached hydrogen (secondary N) is 4. The number of amides is 4. The van der Waals surface area contributed by atoms with Gasteiger partial charge >= 0.3 is 12.2 Å². The lowest BCUT2D eigenvalue weighted by Crippen LogP contribution is -2.51. The Kier molecular flexibility index (Phi) is 13.7. The first kappa shape index (κ1) is 48.3. The summed E-state index contributed by atoms with van der Waals surface area (Å²) in [5.41, 5.74) is 4.66. The van der Waals surface area contributed by atoms with E-state index in [0.29, 0.717) is 101 Å². The SMILES string of the molecule is COC(=O)NCC(=O)N1CCC[C@H]1c1nc2cc(F)c([C@H]3CC[C@@H](c4cc5[nH]c([C@@H]6CCCN6C(=O)C(NC(=O)OC)C(C)C)nc5cc4F)N3c3cnc(N4CCC(c5ccccc5)CC4)nc3)cc2[nH]1. The summed E-state index contributed by atoms with van der Waals surface area (Å²) >= 11 is 0. The van der Waals surface area contributed by atoms with E-state index in [1.807, 2.05) is 24.8 Å². The number of ether oxygens (including phenoxy) is 2. The molecule has 4 aliphatic heterocycles. The van der Waals surface area contributed by atoms with Crippen LogP contribution in [0.1, 0.15) is 124 Å². The van der Waals surface area contributed by atoms with Crippen molar-refractivity contribution in [3.63, 3.8) is 0 Å². The van der Waals surface area contributed by atoms with Crippen molar-refractivity contribution in [2.45, 2.75) is 101 Å². The molecule has 4 N–H and O–H groups in total. The molecule has 0 bridgehead atoms. The maximum absolute atomic E-state index is 16.8. The van der Waals surface area contributed by atoms with Crippen LogP contribution in [0.15, 0.2) is 67.0 Å². The number of hydrogen-bond donors (Lipinski definition) is 4. The molecule has 3 aromatic heterocycles. The summed E-state index contributed by atoms with van der Waals surface area (Å²) in [4.78, 5) is 84.7. The van der Waals surface area contributed by atoms with Crippen molar-refractivity contribution in [2.24, 2.45) is 5.92 Å². The van der Waals surface area contributed by atoms with E-state index in [1.54, 1.807) is 34.3 Å². The molecule has 4 fully saturated rings. The number of alkyl carbamates (subject to hydrolysis) is 2. The number of carbonyl (C=O) groups excluding carboxylic acids is 4. The van der Waals surface area contributed by atoms with Gasteiger partial charge in [-0.2, -0.15) is 0 Å². The number of carbonyl (C=O) groups is 4. The Morgan fingerprint density at radius 2 is 1.26 bits per heavy atom. The molecule has 7 heterocycles. The lowest BCUT2D eigenvalue weighted by molar-refractivity contribution is -0.135. The maximum atomic E-state index is 16.8. The first-order valence-corrected chi connectivity index (χ1v) is 24.9. The van der Waals surface area contributed by atoms with E-state index in [4.69, 9.17) is 24.7 Å². The number of fused-ring (bicyclic) bond motifs is 2. The molecule has 3 aromatic carbocycles. The van der Waals surface area contributed by atoms with Gasteiger partial charge < -0.3 is 49.7 Å². The zero-order valence-electron chi connectivity index (χ0n) is 40.9. The van der Waals surface area contributed by atoms with Crippen molar-refractivity contribution >= 4 is 57.7 Å². The number of benzene rings is 3. The van der Waals surface area contributed by atoms with E-state index in [9.17, 15) is 19.2 Å². The highest BCUT2D eigenvalue weighted by atomic mass is 19.1. The van der Waals surface area contributed by atoms with Crippen LogP contribution in [0.3, 0.4) is 0 Å². The third kappa shape index (κ3) is 9.45. The fourth-order valence-corrected chi connectivity index (χ4v) is 11.4. The first-order chi connectivity index (χ1) is 34.9. The molecule has 4 amide bonds. The second-order valence-corrected chi connectivity index (χ2v) is 19.6. The molecule has 10 rings (SSSR count). The summed E-state index contributed by atoms with van der Waals surface area (Å²) in [6.45, 7) is 6.00. The number of rotatable bonds is 12. The second kappa shape index (κ2) is 20.4. The highest BCUT2D eigenvalue weighted by Gasteiger charge is 2.41. The summed E-state index contributed by atoms with van der Waals surface area (Å²) in [5, 5.41) is 5.13. The van der Waals surface area contributed by atoms with Gasteiger partial charge in [0.25, 0.3) is 0 Å². The van der Waals surface area contributed by atoms with E-state index >= 15 is 8.78 Å². The molecule has 1 unspecified atom stereocenters. The van der Waals surface area contributed by atoms with Gasteiger partial charge in [-0.15, -0.1) is 0 Å². The fraction of sp³-hybridized carbons (Fsp3) is 0.462. The van der Waals surface area contributed by atoms with Gasteiger partial charge in [0.05, 0.1) is 78.5 Å². The van der Waals surface area contributed by atoms with E-state index < -0.39 is 54.0 Å². The van der Waals surface area contributed by atoms with Crippen LogP contribution in [-0.4, -0.2) is 117 Å². The van der Waals surface area contributed by atoms with E-state index in [0.717, 1.165) is 38.8 Å². The first-order valence-electron chi connectivity index (χ1n) is 24.9. The number of aromatic nitrogens is 6. The summed E-state index contributed by atoms with van der Waals surface area (Å²) in [7, 11) is 2.49. The van der Waals surface area contributed by atoms with Crippen LogP contribution >= 0.6 is 0 Å². The standard InChI is InChI=1S/C52H60F2N12O6/c1-29(2)46(62-52(70)72-4)49(68)65-19-9-13-44(65)48-59-38-23-34(36(54)25-40(38)61-48)42-15-14-41(66(42)32-26-55-50(56-27-32)63-20-16-31(17-21-63)30-10-6-5-7-11-30)33-22-37-39(24-35(33)53)60-47(58-37)43-12-8-18-64(43)45(67)28-57-51(69)71-3/h5-7,10-11,22-27,29,31,41-44,46H,8-9,12-21,28H2,1-4H3,(H,57,69)(H,58,60)(H,59,61)(H,62,70)/t41-,42+,43+,44+,46?/m1/s1. The molecule has 4 saturated heterocycles. The number of methoxy groups -OCH3 is 2. The molecule has 72 heavy (non-hydrogen) atoms. The summed E-state index contributed by atoms with van der Waals surface area (Å²) in [6, 6.07) is 14.1. The molecule has 18 nitrogen and oxygen atoms in total. The molecule has 6 aromatic rings. The highest BCUT2D eigenvalue weighted by molar-refractivity contribution is 5.87. The van der Waals surface area contributed by atoms with E-state index in [2.05, 4.69) is 54.5 Å². The Labute approximate surface area is 415 Å². The third-order valence-electron chi connectivity index (χ3n) is 15.0. The van der Waals surface area contributed by atoms with Gasteiger partial charge in [0.2, 0.25) is 17.8 Å². The topological polar surface area (TPSA) is 207 Å². The Hall–Kier alpha value is -7.38. The van der Waals surface area contributed by atoms with Crippen LogP contribution in [0.25, 0.3) is 22.1 Å². The van der Waals surface area contributed by atoms with Gasteiger partial charge in [0.15, 0.2) is 0 Å². The van der Waals surface area contributed by atoms with Crippen LogP contribution in [0, 0.1) is 17.6 Å². The number of piperidine rings is 1. The van der Waals surface area contributed by atoms with Crippen molar-refractivity contribution in [3.05, 3.63) is 107 Å². The van der Waals surface area contributed by atoms with Crippen LogP contribution in [0.2, 0.25) is 0 Å². The zero-order chi connectivity index (χ0) is 50.2. The number of likely N-dealkylation sites (tertiary alicyclic amines) is 2. The van der Waals surface area contributed by atoms with Gasteiger partial charge in [0, 0.05) is 49.4 Å². The molecule has 4 aliphatic rings. The number of nitrogens with zero attached hydrogens (tertiary/aromatic N) is 8. The van der Waals surface area contributed by atoms with Crippen molar-refractivity contribution in [1.29, 1.82) is 0 Å². The minimum Gasteiger partial charge on any atom is -0.453 e. The Balaban J connectivity index is 0.961. The Morgan fingerprint density at radius 3 is 1.82 bits per heavy atom. The largest absolute Gasteiger partial charge is 0.453 e. The van der Waals surface area contributed by atoms with Gasteiger partial charge in [-0.3, -0.25) is 9.59 Å². The van der Waals surface area contributed by atoms with E-state index in [-0.39, 0.29) is 24.3 Å². The third-order valence-corrected chi connectivity index (χ3v) is 15.0. The summed E-state index contributed by atoms with van der Waals surface area (Å²) in [5.74, 6) is 0.360. The van der Waals surface area contributed by atoms with Crippen LogP contribution < -0.4 is 20.4 Å². The average molecular weight is 987 g/mol. The summed E-state index contributed by atoms with van der Waals surface area (Å²) in [6.07, 6.45) is 7.65. The molecule has 0 saturated carbocycles. The Bertz CT molecular complexity index is 2960. The predicted octanol–water partition coefficient (Wildman–Crippen LogP) is 8.04. The van der Waals surface area contributed by atoms with Gasteiger partial charge in [-0.25, -0.2) is 38.3 Å². The predicted molar refractivity (Wildman–Crippen MR) is 264 cm³/mol. The molecular formula is C52H60F2N12O6.